The highest BCUT2D eigenvalue weighted by atomic mass is 35.5. The highest BCUT2D eigenvalue weighted by molar-refractivity contribution is 6.28. The van der Waals surface area contributed by atoms with Crippen molar-refractivity contribution in [2.24, 2.45) is 0 Å². The molecule has 2 aromatic rings. The van der Waals surface area contributed by atoms with Crippen LogP contribution in [0.1, 0.15) is 33.1 Å². The summed E-state index contributed by atoms with van der Waals surface area (Å²) >= 11 is 5.93. The molecule has 0 aliphatic carbocycles. The van der Waals surface area contributed by atoms with Crippen LogP contribution in [0.2, 0.25) is 5.28 Å². The number of halogens is 1. The predicted octanol–water partition coefficient (Wildman–Crippen LogP) is 2.70. The van der Waals surface area contributed by atoms with Gasteiger partial charge in [-0.25, -0.2) is 4.98 Å². The zero-order valence-corrected chi connectivity index (χ0v) is 11.8. The van der Waals surface area contributed by atoms with E-state index in [-0.39, 0.29) is 5.28 Å². The van der Waals surface area contributed by atoms with Crippen molar-refractivity contribution in [3.63, 3.8) is 0 Å². The second-order valence-corrected chi connectivity index (χ2v) is 4.57. The quantitative estimate of drug-likeness (QED) is 0.881. The average molecular weight is 281 g/mol. The largest absolute Gasteiger partial charge is 0.351 e. The summed E-state index contributed by atoms with van der Waals surface area (Å²) in [6, 6.07) is 0.346. The van der Waals surface area contributed by atoms with Gasteiger partial charge in [0.25, 0.3) is 0 Å². The van der Waals surface area contributed by atoms with Crippen molar-refractivity contribution in [3.8, 4) is 5.95 Å². The molecule has 0 amide bonds. The van der Waals surface area contributed by atoms with Crippen molar-refractivity contribution in [2.45, 2.75) is 39.2 Å². The van der Waals surface area contributed by atoms with Gasteiger partial charge in [-0.3, -0.25) is 4.57 Å². The Morgan fingerprint density at radius 3 is 2.79 bits per heavy atom. The van der Waals surface area contributed by atoms with Gasteiger partial charge in [-0.05, 0) is 24.4 Å². The maximum atomic E-state index is 5.93. The summed E-state index contributed by atoms with van der Waals surface area (Å²) in [5, 5.41) is 3.47. The first-order valence-corrected chi connectivity index (χ1v) is 6.77. The molecule has 0 aliphatic rings. The average Bonchev–Trinajstić information content (AvgIpc) is 2.91. The summed E-state index contributed by atoms with van der Waals surface area (Å²) in [6.07, 6.45) is 8.24. The Morgan fingerprint density at radius 2 is 2.16 bits per heavy atom. The zero-order valence-electron chi connectivity index (χ0n) is 11.0. The van der Waals surface area contributed by atoms with Crippen LogP contribution in [-0.4, -0.2) is 30.5 Å². The molecule has 0 aromatic carbocycles. The predicted molar refractivity (Wildman–Crippen MR) is 74.6 cm³/mol. The van der Waals surface area contributed by atoms with Gasteiger partial charge in [0.1, 0.15) is 6.33 Å². The highest BCUT2D eigenvalue weighted by Crippen LogP contribution is 2.13. The molecule has 2 rings (SSSR count). The molecule has 1 N–H and O–H groups in total. The second-order valence-electron chi connectivity index (χ2n) is 4.24. The molecule has 19 heavy (non-hydrogen) atoms. The Morgan fingerprint density at radius 1 is 1.32 bits per heavy atom. The summed E-state index contributed by atoms with van der Waals surface area (Å²) in [7, 11) is 0. The van der Waals surface area contributed by atoms with Gasteiger partial charge in [0.15, 0.2) is 0 Å². The lowest BCUT2D eigenvalue weighted by Gasteiger charge is -2.16. The van der Waals surface area contributed by atoms with E-state index in [1.54, 1.807) is 23.3 Å². The van der Waals surface area contributed by atoms with Crippen molar-refractivity contribution in [1.82, 2.24) is 24.5 Å². The van der Waals surface area contributed by atoms with Crippen LogP contribution in [0.25, 0.3) is 5.95 Å². The number of hydrogen-bond donors (Lipinski definition) is 1. The third kappa shape index (κ3) is 3.64. The SMILES string of the molecule is CCCC(CC)Nc1nc(Cl)nc(-n2ccnc2)n1. The van der Waals surface area contributed by atoms with E-state index in [1.165, 1.54) is 0 Å². The number of nitrogens with one attached hydrogen (secondary N) is 1. The Hall–Kier alpha value is -1.69. The zero-order chi connectivity index (χ0) is 13.7. The van der Waals surface area contributed by atoms with Crippen LogP contribution < -0.4 is 5.32 Å². The van der Waals surface area contributed by atoms with Crippen molar-refractivity contribution < 1.29 is 0 Å². The van der Waals surface area contributed by atoms with E-state index in [1.807, 2.05) is 0 Å². The van der Waals surface area contributed by atoms with Crippen LogP contribution in [0.4, 0.5) is 5.95 Å². The first kappa shape index (κ1) is 13.7. The summed E-state index contributed by atoms with van der Waals surface area (Å²) < 4.78 is 1.69. The molecule has 2 aromatic heterocycles. The molecular formula is C12H17ClN6. The summed E-state index contributed by atoms with van der Waals surface area (Å²) in [6.45, 7) is 4.29. The van der Waals surface area contributed by atoms with Crippen molar-refractivity contribution in [3.05, 3.63) is 24.0 Å². The maximum absolute atomic E-state index is 5.93. The van der Waals surface area contributed by atoms with E-state index in [4.69, 9.17) is 11.6 Å². The lowest BCUT2D eigenvalue weighted by molar-refractivity contribution is 0.616. The molecule has 0 saturated heterocycles. The molecule has 0 bridgehead atoms. The van der Waals surface area contributed by atoms with Crippen LogP contribution in [0.3, 0.4) is 0 Å². The Balaban J connectivity index is 2.21. The Kier molecular flexibility index (Phi) is 4.68. The molecule has 7 heteroatoms. The number of imidazole rings is 1. The van der Waals surface area contributed by atoms with E-state index in [9.17, 15) is 0 Å². The van der Waals surface area contributed by atoms with Crippen LogP contribution in [-0.2, 0) is 0 Å². The minimum atomic E-state index is 0.174. The minimum Gasteiger partial charge on any atom is -0.351 e. The van der Waals surface area contributed by atoms with Gasteiger partial charge >= 0.3 is 0 Å². The van der Waals surface area contributed by atoms with Crippen molar-refractivity contribution in [2.75, 3.05) is 5.32 Å². The van der Waals surface area contributed by atoms with E-state index in [0.717, 1.165) is 19.3 Å². The first-order chi connectivity index (χ1) is 9.22. The normalized spacial score (nSPS) is 12.4. The highest BCUT2D eigenvalue weighted by Gasteiger charge is 2.10. The van der Waals surface area contributed by atoms with Gasteiger partial charge in [-0.2, -0.15) is 15.0 Å². The number of hydrogen-bond acceptors (Lipinski definition) is 5. The molecule has 0 fully saturated rings. The second kappa shape index (κ2) is 6.47. The fraction of sp³-hybridized carbons (Fsp3) is 0.500. The van der Waals surface area contributed by atoms with E-state index >= 15 is 0 Å². The fourth-order valence-corrected chi connectivity index (χ4v) is 1.96. The third-order valence-electron chi connectivity index (χ3n) is 2.79. The van der Waals surface area contributed by atoms with Gasteiger partial charge in [-0.15, -0.1) is 0 Å². The van der Waals surface area contributed by atoms with Crippen LogP contribution in [0.5, 0.6) is 0 Å². The van der Waals surface area contributed by atoms with Crippen molar-refractivity contribution >= 4 is 17.5 Å². The monoisotopic (exact) mass is 280 g/mol. The van der Waals surface area contributed by atoms with Gasteiger partial charge in [0, 0.05) is 18.4 Å². The summed E-state index contributed by atoms with van der Waals surface area (Å²) in [4.78, 5) is 16.5. The molecule has 1 atom stereocenters. The molecule has 102 valence electrons. The van der Waals surface area contributed by atoms with Crippen LogP contribution in [0.15, 0.2) is 18.7 Å². The lowest BCUT2D eigenvalue weighted by atomic mass is 10.1. The summed E-state index contributed by atoms with van der Waals surface area (Å²) in [5.41, 5.74) is 0. The smallest absolute Gasteiger partial charge is 0.241 e. The van der Waals surface area contributed by atoms with Gasteiger partial charge in [0.2, 0.25) is 17.2 Å². The number of rotatable bonds is 6. The number of nitrogens with zero attached hydrogens (tertiary/aromatic N) is 5. The molecular weight excluding hydrogens is 264 g/mol. The first-order valence-electron chi connectivity index (χ1n) is 6.39. The third-order valence-corrected chi connectivity index (χ3v) is 2.96. The summed E-state index contributed by atoms with van der Waals surface area (Å²) in [5.74, 6) is 0.968. The van der Waals surface area contributed by atoms with E-state index in [2.05, 4.69) is 39.1 Å². The van der Waals surface area contributed by atoms with Crippen molar-refractivity contribution in [1.29, 1.82) is 0 Å². The maximum Gasteiger partial charge on any atom is 0.241 e. The lowest BCUT2D eigenvalue weighted by Crippen LogP contribution is -2.20. The standard InChI is InChI=1S/C12H17ClN6/c1-3-5-9(4-2)15-11-16-10(13)17-12(18-11)19-7-6-14-8-19/h6-9H,3-5H2,1-2H3,(H,15,16,17,18). The number of aromatic nitrogens is 5. The van der Waals surface area contributed by atoms with Gasteiger partial charge < -0.3 is 5.32 Å². The topological polar surface area (TPSA) is 68.5 Å². The molecule has 1 unspecified atom stereocenters. The van der Waals surface area contributed by atoms with Gasteiger partial charge in [-0.1, -0.05) is 20.3 Å². The Bertz CT molecular complexity index is 513. The van der Waals surface area contributed by atoms with E-state index < -0.39 is 0 Å². The molecule has 0 radical (unpaired) electrons. The Labute approximate surface area is 117 Å². The number of anilines is 1. The molecule has 0 spiro atoms. The molecule has 0 saturated carbocycles. The molecule has 0 aliphatic heterocycles. The van der Waals surface area contributed by atoms with Gasteiger partial charge in [0.05, 0.1) is 0 Å². The van der Waals surface area contributed by atoms with E-state index in [0.29, 0.717) is 17.9 Å². The van der Waals surface area contributed by atoms with Crippen LogP contribution >= 0.6 is 11.6 Å². The minimum absolute atomic E-state index is 0.174. The molecule has 2 heterocycles. The molecule has 6 nitrogen and oxygen atoms in total. The fourth-order valence-electron chi connectivity index (χ4n) is 1.81. The van der Waals surface area contributed by atoms with Crippen LogP contribution in [0, 0.1) is 0 Å².